The molecule has 0 aromatic carbocycles. The highest BCUT2D eigenvalue weighted by molar-refractivity contribution is 8.93. The summed E-state index contributed by atoms with van der Waals surface area (Å²) in [5.41, 5.74) is 0. The Balaban J connectivity index is 0. The molecule has 9 heavy (non-hydrogen) atoms. The Morgan fingerprint density at radius 2 is 1.89 bits per heavy atom. The van der Waals surface area contributed by atoms with Gasteiger partial charge in [0.25, 0.3) is 10.1 Å². The third-order valence-electron chi connectivity index (χ3n) is 0.756. The van der Waals surface area contributed by atoms with Crippen LogP contribution in [-0.2, 0) is 10.1 Å². The first kappa shape index (κ1) is 12.1. The lowest BCUT2D eigenvalue weighted by Gasteiger charge is -1.90. The SMILES string of the molecule is Br.CCCCS(=O)(=O)O. The van der Waals surface area contributed by atoms with E-state index in [0.717, 1.165) is 6.42 Å². The van der Waals surface area contributed by atoms with Crippen LogP contribution in [0, 0.1) is 0 Å². The average Bonchev–Trinajstić information content (AvgIpc) is 1.59. The number of rotatable bonds is 3. The Labute approximate surface area is 66.0 Å². The summed E-state index contributed by atoms with van der Waals surface area (Å²) < 4.78 is 28.0. The summed E-state index contributed by atoms with van der Waals surface area (Å²) in [6, 6.07) is 0. The van der Waals surface area contributed by atoms with Crippen molar-refractivity contribution in [2.45, 2.75) is 19.8 Å². The van der Waals surface area contributed by atoms with Gasteiger partial charge in [-0.1, -0.05) is 13.3 Å². The molecule has 0 saturated heterocycles. The molecule has 0 rings (SSSR count). The van der Waals surface area contributed by atoms with Crippen LogP contribution in [0.2, 0.25) is 0 Å². The summed E-state index contributed by atoms with van der Waals surface area (Å²) in [5, 5.41) is 0. The van der Waals surface area contributed by atoms with Crippen molar-refractivity contribution in [2.24, 2.45) is 0 Å². The minimum atomic E-state index is -3.69. The Hall–Kier alpha value is 0.390. The zero-order valence-corrected chi connectivity index (χ0v) is 7.73. The fourth-order valence-corrected chi connectivity index (χ4v) is 0.980. The van der Waals surface area contributed by atoms with E-state index in [4.69, 9.17) is 4.55 Å². The molecule has 0 heterocycles. The van der Waals surface area contributed by atoms with Gasteiger partial charge in [0.05, 0.1) is 5.75 Å². The van der Waals surface area contributed by atoms with Gasteiger partial charge in [-0.2, -0.15) is 8.42 Å². The molecule has 0 bridgehead atoms. The average molecular weight is 219 g/mol. The molecular formula is C4H11BrO3S. The second kappa shape index (κ2) is 5.20. The predicted octanol–water partition coefficient (Wildman–Crippen LogP) is 1.25. The second-order valence-corrected chi connectivity index (χ2v) is 3.21. The monoisotopic (exact) mass is 218 g/mol. The van der Waals surface area contributed by atoms with Crippen molar-refractivity contribution >= 4 is 27.1 Å². The summed E-state index contributed by atoms with van der Waals surface area (Å²) >= 11 is 0. The second-order valence-electron chi connectivity index (χ2n) is 1.64. The molecule has 5 heteroatoms. The Morgan fingerprint density at radius 1 is 1.44 bits per heavy atom. The van der Waals surface area contributed by atoms with Crippen LogP contribution in [-0.4, -0.2) is 18.7 Å². The topological polar surface area (TPSA) is 54.4 Å². The maximum Gasteiger partial charge on any atom is 0.264 e. The molecule has 0 amide bonds. The smallest absolute Gasteiger partial charge is 0.264 e. The molecule has 0 fully saturated rings. The minimum absolute atomic E-state index is 0. The van der Waals surface area contributed by atoms with E-state index in [2.05, 4.69) is 0 Å². The molecule has 0 aromatic heterocycles. The first-order valence-corrected chi connectivity index (χ1v) is 4.12. The summed E-state index contributed by atoms with van der Waals surface area (Å²) in [6.45, 7) is 1.87. The van der Waals surface area contributed by atoms with Crippen molar-refractivity contribution in [1.29, 1.82) is 0 Å². The number of hydrogen-bond donors (Lipinski definition) is 1. The molecule has 0 atom stereocenters. The van der Waals surface area contributed by atoms with Crippen LogP contribution in [0.25, 0.3) is 0 Å². The van der Waals surface area contributed by atoms with Crippen molar-refractivity contribution < 1.29 is 13.0 Å². The summed E-state index contributed by atoms with van der Waals surface area (Å²) in [5.74, 6) is -0.108. The third-order valence-corrected chi connectivity index (χ3v) is 1.56. The first-order valence-electron chi connectivity index (χ1n) is 2.51. The molecular weight excluding hydrogens is 208 g/mol. The van der Waals surface area contributed by atoms with Gasteiger partial charge in [-0.05, 0) is 6.42 Å². The maximum absolute atomic E-state index is 9.95. The number of hydrogen-bond acceptors (Lipinski definition) is 2. The molecule has 3 nitrogen and oxygen atoms in total. The van der Waals surface area contributed by atoms with Gasteiger partial charge in [0, 0.05) is 0 Å². The normalized spacial score (nSPS) is 10.4. The van der Waals surface area contributed by atoms with Crippen LogP contribution in [0.15, 0.2) is 0 Å². The van der Waals surface area contributed by atoms with Crippen LogP contribution < -0.4 is 0 Å². The van der Waals surface area contributed by atoms with Gasteiger partial charge < -0.3 is 0 Å². The van der Waals surface area contributed by atoms with E-state index in [1.54, 1.807) is 0 Å². The van der Waals surface area contributed by atoms with E-state index in [1.807, 2.05) is 6.92 Å². The van der Waals surface area contributed by atoms with Gasteiger partial charge in [-0.25, -0.2) is 0 Å². The first-order chi connectivity index (χ1) is 3.56. The van der Waals surface area contributed by atoms with Crippen LogP contribution >= 0.6 is 17.0 Å². The highest BCUT2D eigenvalue weighted by Crippen LogP contribution is 1.90. The van der Waals surface area contributed by atoms with Crippen molar-refractivity contribution in [1.82, 2.24) is 0 Å². The highest BCUT2D eigenvalue weighted by atomic mass is 79.9. The number of unbranched alkanes of at least 4 members (excludes halogenated alkanes) is 1. The number of halogens is 1. The quantitative estimate of drug-likeness (QED) is 0.727. The molecule has 0 aliphatic carbocycles. The Kier molecular flexibility index (Phi) is 6.99. The molecule has 0 saturated carbocycles. The minimum Gasteiger partial charge on any atom is -0.286 e. The molecule has 0 spiro atoms. The molecule has 0 unspecified atom stereocenters. The lowest BCUT2D eigenvalue weighted by molar-refractivity contribution is 0.480. The van der Waals surface area contributed by atoms with E-state index in [0.29, 0.717) is 6.42 Å². The van der Waals surface area contributed by atoms with Crippen LogP contribution in [0.4, 0.5) is 0 Å². The fraction of sp³-hybridized carbons (Fsp3) is 1.00. The van der Waals surface area contributed by atoms with Gasteiger partial charge in [-0.15, -0.1) is 17.0 Å². The maximum atomic E-state index is 9.95. The van der Waals surface area contributed by atoms with Crippen LogP contribution in [0.5, 0.6) is 0 Å². The zero-order chi connectivity index (χ0) is 6.62. The Morgan fingerprint density at radius 3 is 2.00 bits per heavy atom. The molecule has 0 aromatic rings. The van der Waals surface area contributed by atoms with Crippen molar-refractivity contribution in [2.75, 3.05) is 5.75 Å². The van der Waals surface area contributed by atoms with E-state index in [-0.39, 0.29) is 22.7 Å². The van der Waals surface area contributed by atoms with E-state index in [1.165, 1.54) is 0 Å². The molecule has 0 radical (unpaired) electrons. The van der Waals surface area contributed by atoms with Gasteiger partial charge in [0.2, 0.25) is 0 Å². The predicted molar refractivity (Wildman–Crippen MR) is 41.6 cm³/mol. The van der Waals surface area contributed by atoms with Gasteiger partial charge in [0.15, 0.2) is 0 Å². The summed E-state index contributed by atoms with van der Waals surface area (Å²) in [4.78, 5) is 0. The van der Waals surface area contributed by atoms with E-state index in [9.17, 15) is 8.42 Å². The lowest BCUT2D eigenvalue weighted by Crippen LogP contribution is -2.02. The molecule has 0 aliphatic heterocycles. The standard InChI is InChI=1S/C4H10O3S.BrH/c1-2-3-4-8(5,6)7;/h2-4H2,1H3,(H,5,6,7);1H. The molecule has 0 aliphatic rings. The van der Waals surface area contributed by atoms with Crippen LogP contribution in [0.1, 0.15) is 19.8 Å². The van der Waals surface area contributed by atoms with Gasteiger partial charge in [0.1, 0.15) is 0 Å². The lowest BCUT2D eigenvalue weighted by atomic mass is 10.4. The van der Waals surface area contributed by atoms with Gasteiger partial charge in [-0.3, -0.25) is 4.55 Å². The Bertz CT molecular complexity index is 140. The fourth-order valence-electron chi connectivity index (χ4n) is 0.327. The van der Waals surface area contributed by atoms with Crippen molar-refractivity contribution in [3.63, 3.8) is 0 Å². The van der Waals surface area contributed by atoms with Crippen LogP contribution in [0.3, 0.4) is 0 Å². The third kappa shape index (κ3) is 11.8. The van der Waals surface area contributed by atoms with Crippen molar-refractivity contribution in [3.8, 4) is 0 Å². The summed E-state index contributed by atoms with van der Waals surface area (Å²) in [7, 11) is -3.69. The molecule has 58 valence electrons. The van der Waals surface area contributed by atoms with E-state index < -0.39 is 10.1 Å². The summed E-state index contributed by atoms with van der Waals surface area (Å²) in [6.07, 6.45) is 1.33. The molecule has 1 N–H and O–H groups in total. The highest BCUT2D eigenvalue weighted by Gasteiger charge is 2.00. The zero-order valence-electron chi connectivity index (χ0n) is 5.20. The van der Waals surface area contributed by atoms with Gasteiger partial charge >= 0.3 is 0 Å². The largest absolute Gasteiger partial charge is 0.286 e. The van der Waals surface area contributed by atoms with Crippen molar-refractivity contribution in [3.05, 3.63) is 0 Å². The van der Waals surface area contributed by atoms with E-state index >= 15 is 0 Å².